The highest BCUT2D eigenvalue weighted by Gasteiger charge is 2.01. The highest BCUT2D eigenvalue weighted by atomic mass is 28.1. The van der Waals surface area contributed by atoms with Gasteiger partial charge in [-0.25, -0.2) is 0 Å². The van der Waals surface area contributed by atoms with Crippen molar-refractivity contribution in [2.75, 3.05) is 6.61 Å². The van der Waals surface area contributed by atoms with Crippen LogP contribution in [0, 0.1) is 0 Å². The Morgan fingerprint density at radius 1 is 1.17 bits per heavy atom. The van der Waals surface area contributed by atoms with Gasteiger partial charge in [0.1, 0.15) is 12.4 Å². The molecule has 0 saturated carbocycles. The minimum Gasteiger partial charge on any atom is -0.489 e. The SMILES string of the molecule is C1=Cc2ccccc2OC1.[AlH3].[SiH4]. The van der Waals surface area contributed by atoms with E-state index in [1.165, 1.54) is 5.56 Å². The molecule has 0 aromatic heterocycles. The smallest absolute Gasteiger partial charge is 0.187 e. The van der Waals surface area contributed by atoms with Crippen LogP contribution >= 0.6 is 0 Å². The average Bonchev–Trinajstić information content (AvgIpc) is 2.05. The first-order chi connectivity index (χ1) is 4.97. The fourth-order valence-electron chi connectivity index (χ4n) is 1.06. The highest BCUT2D eigenvalue weighted by Crippen LogP contribution is 2.21. The monoisotopic (exact) mass is 194 g/mol. The maximum Gasteiger partial charge on any atom is 0.187 e. The lowest BCUT2D eigenvalue weighted by Crippen LogP contribution is -1.98. The normalized spacial score (nSPS) is 11.7. The van der Waals surface area contributed by atoms with Crippen molar-refractivity contribution in [1.29, 1.82) is 0 Å². The van der Waals surface area contributed by atoms with Gasteiger partial charge in [-0.1, -0.05) is 24.3 Å². The van der Waals surface area contributed by atoms with Gasteiger partial charge in [0.05, 0.1) is 0 Å². The van der Waals surface area contributed by atoms with Gasteiger partial charge in [0, 0.05) is 5.56 Å². The lowest BCUT2D eigenvalue weighted by Gasteiger charge is -2.10. The van der Waals surface area contributed by atoms with Gasteiger partial charge in [-0.2, -0.15) is 0 Å². The van der Waals surface area contributed by atoms with Crippen LogP contribution in [0.25, 0.3) is 6.08 Å². The first kappa shape index (κ1) is 11.5. The van der Waals surface area contributed by atoms with Gasteiger partial charge in [-0.05, 0) is 23.1 Å². The minimum atomic E-state index is 0. The van der Waals surface area contributed by atoms with E-state index in [0.29, 0.717) is 6.61 Å². The van der Waals surface area contributed by atoms with E-state index >= 15 is 0 Å². The molecule has 1 aromatic rings. The van der Waals surface area contributed by atoms with Crippen molar-refractivity contribution < 1.29 is 4.74 Å². The van der Waals surface area contributed by atoms with Gasteiger partial charge in [-0.3, -0.25) is 0 Å². The Kier molecular flexibility index (Phi) is 4.99. The van der Waals surface area contributed by atoms with E-state index in [0.717, 1.165) is 5.75 Å². The number of hydrogen-bond acceptors (Lipinski definition) is 1. The molecule has 0 radical (unpaired) electrons. The average molecular weight is 194 g/mol. The van der Waals surface area contributed by atoms with Crippen molar-refractivity contribution in [3.05, 3.63) is 35.9 Å². The van der Waals surface area contributed by atoms with Crippen molar-refractivity contribution in [2.24, 2.45) is 0 Å². The number of ether oxygens (including phenoxy) is 1. The lowest BCUT2D eigenvalue weighted by molar-refractivity contribution is 0.358. The Bertz CT molecular complexity index is 273. The number of para-hydroxylation sites is 1. The molecular formula is C9H15AlOSi. The zero-order valence-corrected chi connectivity index (χ0v) is 5.58. The Morgan fingerprint density at radius 3 is 2.67 bits per heavy atom. The topological polar surface area (TPSA) is 9.23 Å². The van der Waals surface area contributed by atoms with Gasteiger partial charge in [0.2, 0.25) is 0 Å². The van der Waals surface area contributed by atoms with E-state index in [1.54, 1.807) is 0 Å². The molecule has 0 amide bonds. The fraction of sp³-hybridized carbons (Fsp3) is 0.111. The molecule has 0 saturated heterocycles. The molecule has 0 N–H and O–H groups in total. The quantitative estimate of drug-likeness (QED) is 0.504. The summed E-state index contributed by atoms with van der Waals surface area (Å²) in [5, 5.41) is 0. The van der Waals surface area contributed by atoms with Crippen LogP contribution in [0.1, 0.15) is 5.56 Å². The summed E-state index contributed by atoms with van der Waals surface area (Å²) in [6.07, 6.45) is 4.10. The number of hydrogen-bond donors (Lipinski definition) is 0. The van der Waals surface area contributed by atoms with Crippen LogP contribution in [0.4, 0.5) is 0 Å². The maximum absolute atomic E-state index is 5.34. The van der Waals surface area contributed by atoms with E-state index in [9.17, 15) is 0 Å². The standard InChI is InChI=1S/C9H8O.Al.H4Si.3H/c1-2-6-9-8(4-1)5-3-7-10-9;;;;;/h1-6H,7H2;;1H4;;;. The van der Waals surface area contributed by atoms with Crippen LogP contribution in [0.5, 0.6) is 5.75 Å². The lowest BCUT2D eigenvalue weighted by atomic mass is 10.1. The predicted octanol–water partition coefficient (Wildman–Crippen LogP) is -0.543. The van der Waals surface area contributed by atoms with Crippen LogP contribution in [0.15, 0.2) is 30.3 Å². The summed E-state index contributed by atoms with van der Waals surface area (Å²) >= 11 is 0. The maximum atomic E-state index is 5.34. The summed E-state index contributed by atoms with van der Waals surface area (Å²) < 4.78 is 5.34. The van der Waals surface area contributed by atoms with Crippen molar-refractivity contribution >= 4 is 34.4 Å². The fourth-order valence-corrected chi connectivity index (χ4v) is 1.06. The summed E-state index contributed by atoms with van der Waals surface area (Å²) in [6.45, 7) is 0.705. The summed E-state index contributed by atoms with van der Waals surface area (Å²) in [5.74, 6) is 0.991. The van der Waals surface area contributed by atoms with E-state index in [-0.39, 0.29) is 28.3 Å². The number of rotatable bonds is 0. The second-order valence-corrected chi connectivity index (χ2v) is 2.25. The number of fused-ring (bicyclic) bond motifs is 1. The van der Waals surface area contributed by atoms with Gasteiger partial charge in [0.25, 0.3) is 0 Å². The van der Waals surface area contributed by atoms with Crippen molar-refractivity contribution in [2.45, 2.75) is 0 Å². The molecule has 1 heterocycles. The third-order valence-electron chi connectivity index (χ3n) is 1.55. The van der Waals surface area contributed by atoms with E-state index in [1.807, 2.05) is 30.3 Å². The summed E-state index contributed by atoms with van der Waals surface area (Å²) in [5.41, 5.74) is 1.17. The summed E-state index contributed by atoms with van der Waals surface area (Å²) in [4.78, 5) is 0. The number of benzene rings is 1. The van der Waals surface area contributed by atoms with Gasteiger partial charge < -0.3 is 4.74 Å². The molecule has 1 aliphatic heterocycles. The van der Waals surface area contributed by atoms with Crippen LogP contribution in [-0.4, -0.2) is 34.9 Å². The van der Waals surface area contributed by atoms with Crippen molar-refractivity contribution in [3.63, 3.8) is 0 Å². The Labute approximate surface area is 87.6 Å². The zero-order valence-electron chi connectivity index (χ0n) is 5.58. The predicted molar refractivity (Wildman–Crippen MR) is 62.2 cm³/mol. The first-order valence-corrected chi connectivity index (χ1v) is 3.35. The highest BCUT2D eigenvalue weighted by molar-refractivity contribution is 5.76. The Morgan fingerprint density at radius 2 is 1.92 bits per heavy atom. The molecule has 0 spiro atoms. The summed E-state index contributed by atoms with van der Waals surface area (Å²) in [7, 11) is 0. The molecule has 0 atom stereocenters. The molecule has 1 nitrogen and oxygen atoms in total. The molecule has 0 unspecified atom stereocenters. The molecule has 2 rings (SSSR count). The summed E-state index contributed by atoms with van der Waals surface area (Å²) in [6, 6.07) is 8.03. The third-order valence-corrected chi connectivity index (χ3v) is 1.55. The molecule has 0 bridgehead atoms. The van der Waals surface area contributed by atoms with Crippen molar-refractivity contribution in [1.82, 2.24) is 0 Å². The van der Waals surface area contributed by atoms with Gasteiger partial charge in [-0.15, -0.1) is 0 Å². The third kappa shape index (κ3) is 2.25. The first-order valence-electron chi connectivity index (χ1n) is 3.35. The van der Waals surface area contributed by atoms with Crippen molar-refractivity contribution in [3.8, 4) is 5.75 Å². The van der Waals surface area contributed by atoms with Crippen LogP contribution < -0.4 is 4.74 Å². The minimum absolute atomic E-state index is 0. The molecule has 3 heteroatoms. The van der Waals surface area contributed by atoms with Gasteiger partial charge >= 0.3 is 0 Å². The molecule has 1 aromatic carbocycles. The second-order valence-electron chi connectivity index (χ2n) is 2.25. The Balaban J connectivity index is 0.000000605. The van der Waals surface area contributed by atoms with E-state index in [4.69, 9.17) is 4.74 Å². The van der Waals surface area contributed by atoms with E-state index in [2.05, 4.69) is 6.08 Å². The Hall–Kier alpha value is -0.491. The second kappa shape index (κ2) is 5.21. The van der Waals surface area contributed by atoms with Crippen LogP contribution in [-0.2, 0) is 0 Å². The molecule has 0 fully saturated rings. The molecule has 1 aliphatic rings. The molecule has 64 valence electrons. The van der Waals surface area contributed by atoms with Gasteiger partial charge in [0.15, 0.2) is 17.4 Å². The molecular weight excluding hydrogens is 179 g/mol. The molecule has 0 aliphatic carbocycles. The molecule has 12 heavy (non-hydrogen) atoms. The van der Waals surface area contributed by atoms with Crippen LogP contribution in [0.3, 0.4) is 0 Å². The van der Waals surface area contributed by atoms with Crippen LogP contribution in [0.2, 0.25) is 0 Å². The largest absolute Gasteiger partial charge is 0.489 e. The van der Waals surface area contributed by atoms with E-state index < -0.39 is 0 Å². The zero-order chi connectivity index (χ0) is 6.81.